The summed E-state index contributed by atoms with van der Waals surface area (Å²) in [6.07, 6.45) is 5.30. The zero-order chi connectivity index (χ0) is 8.69. The number of unbranched alkanes of at least 4 members (excludes halogenated alkanes) is 1. The van der Waals surface area contributed by atoms with Crippen LogP contribution in [0.2, 0.25) is 0 Å². The van der Waals surface area contributed by atoms with Crippen LogP contribution in [0.5, 0.6) is 0 Å². The number of hydrogen-bond donors (Lipinski definition) is 1. The SMILES string of the molecule is CCCC/C(C)=C\CC(=O)O. The van der Waals surface area contributed by atoms with Crippen molar-refractivity contribution >= 4 is 5.97 Å². The Morgan fingerprint density at radius 1 is 1.55 bits per heavy atom. The minimum atomic E-state index is -0.749. The van der Waals surface area contributed by atoms with Crippen molar-refractivity contribution in [1.29, 1.82) is 0 Å². The van der Waals surface area contributed by atoms with Crippen molar-refractivity contribution in [2.45, 2.75) is 39.5 Å². The molecule has 0 rings (SSSR count). The number of carbonyl (C=O) groups is 1. The summed E-state index contributed by atoms with van der Waals surface area (Å²) in [6.45, 7) is 4.11. The van der Waals surface area contributed by atoms with Crippen molar-refractivity contribution in [3.63, 3.8) is 0 Å². The summed E-state index contributed by atoms with van der Waals surface area (Å²) in [4.78, 5) is 10.1. The number of hydrogen-bond acceptors (Lipinski definition) is 1. The van der Waals surface area contributed by atoms with Gasteiger partial charge in [0.2, 0.25) is 0 Å². The van der Waals surface area contributed by atoms with E-state index in [1.807, 2.05) is 6.92 Å². The smallest absolute Gasteiger partial charge is 0.307 e. The van der Waals surface area contributed by atoms with E-state index in [1.165, 1.54) is 5.57 Å². The third-order valence-electron chi connectivity index (χ3n) is 1.55. The summed E-state index contributed by atoms with van der Waals surface area (Å²) < 4.78 is 0. The van der Waals surface area contributed by atoms with Gasteiger partial charge in [-0.3, -0.25) is 4.79 Å². The lowest BCUT2D eigenvalue weighted by molar-refractivity contribution is -0.136. The summed E-state index contributed by atoms with van der Waals surface area (Å²) in [5, 5.41) is 8.34. The maximum Gasteiger partial charge on any atom is 0.307 e. The van der Waals surface area contributed by atoms with E-state index < -0.39 is 5.97 Å². The van der Waals surface area contributed by atoms with Gasteiger partial charge in [0.25, 0.3) is 0 Å². The van der Waals surface area contributed by atoms with Gasteiger partial charge in [-0.05, 0) is 19.8 Å². The van der Waals surface area contributed by atoms with Crippen molar-refractivity contribution in [2.75, 3.05) is 0 Å². The first-order chi connectivity index (χ1) is 5.16. The molecule has 2 heteroatoms. The number of aliphatic carboxylic acids is 1. The molecule has 0 saturated carbocycles. The maximum atomic E-state index is 10.1. The Bertz CT molecular complexity index is 148. The zero-order valence-electron chi connectivity index (χ0n) is 7.26. The molecule has 0 aromatic heterocycles. The lowest BCUT2D eigenvalue weighted by atomic mass is 10.1. The first-order valence-electron chi connectivity index (χ1n) is 4.04. The van der Waals surface area contributed by atoms with E-state index in [0.29, 0.717) is 0 Å². The Morgan fingerprint density at radius 3 is 2.64 bits per heavy atom. The second-order valence-corrected chi connectivity index (χ2v) is 2.75. The molecule has 0 bridgehead atoms. The van der Waals surface area contributed by atoms with Crippen LogP contribution in [0.15, 0.2) is 11.6 Å². The van der Waals surface area contributed by atoms with Gasteiger partial charge in [0.1, 0.15) is 0 Å². The highest BCUT2D eigenvalue weighted by Gasteiger charge is 1.93. The minimum Gasteiger partial charge on any atom is -0.481 e. The van der Waals surface area contributed by atoms with E-state index in [-0.39, 0.29) is 6.42 Å². The molecule has 0 saturated heterocycles. The molecule has 0 aromatic rings. The predicted octanol–water partition coefficient (Wildman–Crippen LogP) is 2.60. The van der Waals surface area contributed by atoms with E-state index in [1.54, 1.807) is 6.08 Å². The van der Waals surface area contributed by atoms with Crippen LogP contribution < -0.4 is 0 Å². The van der Waals surface area contributed by atoms with Crippen LogP contribution in [-0.2, 0) is 4.79 Å². The standard InChI is InChI=1S/C9H16O2/c1-3-4-5-8(2)6-7-9(10)11/h6H,3-5,7H2,1-2H3,(H,10,11)/b8-6-. The van der Waals surface area contributed by atoms with Crippen molar-refractivity contribution in [3.05, 3.63) is 11.6 Å². The van der Waals surface area contributed by atoms with E-state index in [9.17, 15) is 4.79 Å². The Kier molecular flexibility index (Phi) is 5.53. The lowest BCUT2D eigenvalue weighted by Crippen LogP contribution is -1.91. The molecule has 0 atom stereocenters. The quantitative estimate of drug-likeness (QED) is 0.621. The highest BCUT2D eigenvalue weighted by Crippen LogP contribution is 2.06. The molecule has 0 aliphatic rings. The van der Waals surface area contributed by atoms with Crippen molar-refractivity contribution in [3.8, 4) is 0 Å². The molecule has 0 unspecified atom stereocenters. The molecule has 64 valence electrons. The molecule has 0 aromatic carbocycles. The molecule has 0 aliphatic carbocycles. The van der Waals surface area contributed by atoms with Crippen molar-refractivity contribution < 1.29 is 9.90 Å². The fourth-order valence-electron chi connectivity index (χ4n) is 0.819. The molecule has 1 N–H and O–H groups in total. The van der Waals surface area contributed by atoms with Crippen LogP contribution in [0, 0.1) is 0 Å². The van der Waals surface area contributed by atoms with Gasteiger partial charge < -0.3 is 5.11 Å². The fourth-order valence-corrected chi connectivity index (χ4v) is 0.819. The summed E-state index contributed by atoms with van der Waals surface area (Å²) in [5.74, 6) is -0.749. The number of carboxylic acids is 1. The molecule has 0 amide bonds. The van der Waals surface area contributed by atoms with Gasteiger partial charge in [-0.25, -0.2) is 0 Å². The summed E-state index contributed by atoms with van der Waals surface area (Å²) in [7, 11) is 0. The summed E-state index contributed by atoms with van der Waals surface area (Å²) in [6, 6.07) is 0. The monoisotopic (exact) mass is 156 g/mol. The number of rotatable bonds is 5. The Hall–Kier alpha value is -0.790. The highest BCUT2D eigenvalue weighted by molar-refractivity contribution is 5.68. The number of carboxylic acid groups (broad SMARTS) is 1. The fraction of sp³-hybridized carbons (Fsp3) is 0.667. The zero-order valence-corrected chi connectivity index (χ0v) is 7.26. The molecule has 2 nitrogen and oxygen atoms in total. The van der Waals surface area contributed by atoms with E-state index in [0.717, 1.165) is 19.3 Å². The Labute approximate surface area is 67.9 Å². The maximum absolute atomic E-state index is 10.1. The van der Waals surface area contributed by atoms with E-state index in [2.05, 4.69) is 6.92 Å². The normalized spacial score (nSPS) is 11.6. The second kappa shape index (κ2) is 5.96. The summed E-state index contributed by atoms with van der Waals surface area (Å²) in [5.41, 5.74) is 1.19. The first-order valence-corrected chi connectivity index (χ1v) is 4.04. The molecule has 0 aliphatic heterocycles. The predicted molar refractivity (Wildman–Crippen MR) is 45.5 cm³/mol. The Morgan fingerprint density at radius 2 is 2.18 bits per heavy atom. The molecular weight excluding hydrogens is 140 g/mol. The van der Waals surface area contributed by atoms with Crippen LogP contribution in [0.3, 0.4) is 0 Å². The largest absolute Gasteiger partial charge is 0.481 e. The molecule has 0 heterocycles. The topological polar surface area (TPSA) is 37.3 Å². The third kappa shape index (κ3) is 7.10. The second-order valence-electron chi connectivity index (χ2n) is 2.75. The molecular formula is C9H16O2. The highest BCUT2D eigenvalue weighted by atomic mass is 16.4. The van der Waals surface area contributed by atoms with Gasteiger partial charge in [-0.1, -0.05) is 25.0 Å². The van der Waals surface area contributed by atoms with Crippen LogP contribution in [0.25, 0.3) is 0 Å². The summed E-state index contributed by atoms with van der Waals surface area (Å²) >= 11 is 0. The van der Waals surface area contributed by atoms with E-state index >= 15 is 0 Å². The van der Waals surface area contributed by atoms with Crippen LogP contribution in [0.4, 0.5) is 0 Å². The average Bonchev–Trinajstić information content (AvgIpc) is 1.97. The van der Waals surface area contributed by atoms with Gasteiger partial charge in [0.15, 0.2) is 0 Å². The molecule has 0 radical (unpaired) electrons. The van der Waals surface area contributed by atoms with Gasteiger partial charge in [-0.2, -0.15) is 0 Å². The molecule has 0 spiro atoms. The van der Waals surface area contributed by atoms with Crippen molar-refractivity contribution in [1.82, 2.24) is 0 Å². The van der Waals surface area contributed by atoms with Crippen LogP contribution >= 0.6 is 0 Å². The van der Waals surface area contributed by atoms with Gasteiger partial charge in [0.05, 0.1) is 6.42 Å². The third-order valence-corrected chi connectivity index (χ3v) is 1.55. The van der Waals surface area contributed by atoms with E-state index in [4.69, 9.17) is 5.11 Å². The molecule has 0 fully saturated rings. The van der Waals surface area contributed by atoms with Gasteiger partial charge >= 0.3 is 5.97 Å². The van der Waals surface area contributed by atoms with Crippen LogP contribution in [-0.4, -0.2) is 11.1 Å². The van der Waals surface area contributed by atoms with Crippen molar-refractivity contribution in [2.24, 2.45) is 0 Å². The lowest BCUT2D eigenvalue weighted by Gasteiger charge is -1.96. The minimum absolute atomic E-state index is 0.162. The van der Waals surface area contributed by atoms with Gasteiger partial charge in [-0.15, -0.1) is 0 Å². The average molecular weight is 156 g/mol. The van der Waals surface area contributed by atoms with Gasteiger partial charge in [0, 0.05) is 0 Å². The number of allylic oxidation sites excluding steroid dienone is 1. The molecule has 11 heavy (non-hydrogen) atoms. The Balaban J connectivity index is 3.54. The first kappa shape index (κ1) is 10.2. The van der Waals surface area contributed by atoms with Crippen LogP contribution in [0.1, 0.15) is 39.5 Å².